The number of aryl methyl sites for hydroxylation is 1. The summed E-state index contributed by atoms with van der Waals surface area (Å²) >= 11 is 0. The van der Waals surface area contributed by atoms with Gasteiger partial charge in [-0.15, -0.1) is 0 Å². The third-order valence-corrected chi connectivity index (χ3v) is 7.09. The molecule has 0 saturated heterocycles. The summed E-state index contributed by atoms with van der Waals surface area (Å²) in [7, 11) is -2.13. The van der Waals surface area contributed by atoms with Crippen LogP contribution in [0.3, 0.4) is 0 Å². The van der Waals surface area contributed by atoms with E-state index in [9.17, 15) is 8.42 Å². The minimum atomic E-state index is -3.80. The lowest BCUT2D eigenvalue weighted by molar-refractivity contribution is 0.148. The van der Waals surface area contributed by atoms with Gasteiger partial charge < -0.3 is 4.74 Å². The maximum Gasteiger partial charge on any atom is 0.267 e. The molecule has 0 aliphatic heterocycles. The van der Waals surface area contributed by atoms with Crippen molar-refractivity contribution in [1.29, 1.82) is 0 Å². The van der Waals surface area contributed by atoms with Crippen LogP contribution >= 0.6 is 0 Å². The highest BCUT2D eigenvalue weighted by atomic mass is 32.2. The zero-order valence-electron chi connectivity index (χ0n) is 16.9. The van der Waals surface area contributed by atoms with Crippen molar-refractivity contribution < 1.29 is 13.2 Å². The maximum atomic E-state index is 12.7. The highest BCUT2D eigenvalue weighted by Gasteiger charge is 2.24. The molecule has 2 aliphatic rings. The summed E-state index contributed by atoms with van der Waals surface area (Å²) in [4.78, 5) is 9.03. The van der Waals surface area contributed by atoms with E-state index in [1.165, 1.54) is 42.8 Å². The molecule has 0 atom stereocenters. The first-order chi connectivity index (χ1) is 14.0. The second-order valence-electron chi connectivity index (χ2n) is 8.12. The molecule has 2 saturated carbocycles. The van der Waals surface area contributed by atoms with Crippen LogP contribution in [-0.4, -0.2) is 34.3 Å². The number of rotatable bonds is 6. The predicted octanol–water partition coefficient (Wildman–Crippen LogP) is 3.77. The molecule has 0 radical (unpaired) electrons. The van der Waals surface area contributed by atoms with Gasteiger partial charge in [-0.3, -0.25) is 4.68 Å². The molecule has 2 heterocycles. The average Bonchev–Trinajstić information content (AvgIpc) is 3.16. The fraction of sp³-hybridized carbons (Fsp3) is 0.650. The van der Waals surface area contributed by atoms with Gasteiger partial charge in [0.2, 0.25) is 11.8 Å². The molecule has 2 aromatic rings. The lowest BCUT2D eigenvalue weighted by Crippen LogP contribution is -2.22. The number of anilines is 1. The van der Waals surface area contributed by atoms with E-state index >= 15 is 0 Å². The van der Waals surface area contributed by atoms with Crippen molar-refractivity contribution in [3.05, 3.63) is 24.2 Å². The van der Waals surface area contributed by atoms with Crippen molar-refractivity contribution in [3.63, 3.8) is 0 Å². The molecule has 9 heteroatoms. The van der Waals surface area contributed by atoms with Gasteiger partial charge in [0.05, 0.1) is 11.9 Å². The number of hydrogen-bond donors (Lipinski definition) is 1. The number of ether oxygens (including phenoxy) is 1. The van der Waals surface area contributed by atoms with E-state index in [1.807, 2.05) is 6.07 Å². The number of aromatic nitrogens is 4. The summed E-state index contributed by atoms with van der Waals surface area (Å²) in [5.41, 5.74) is 0.870. The van der Waals surface area contributed by atoms with Crippen molar-refractivity contribution in [3.8, 4) is 5.88 Å². The van der Waals surface area contributed by atoms with E-state index in [2.05, 4.69) is 19.8 Å². The van der Waals surface area contributed by atoms with Crippen LogP contribution in [0.4, 0.5) is 5.95 Å². The van der Waals surface area contributed by atoms with Crippen molar-refractivity contribution >= 4 is 16.0 Å². The number of hydrogen-bond acceptors (Lipinski definition) is 6. The Morgan fingerprint density at radius 1 is 1.03 bits per heavy atom. The van der Waals surface area contributed by atoms with E-state index in [1.54, 1.807) is 7.05 Å². The first-order valence-electron chi connectivity index (χ1n) is 10.6. The smallest absolute Gasteiger partial charge is 0.267 e. The van der Waals surface area contributed by atoms with Crippen LogP contribution in [0.5, 0.6) is 5.88 Å². The lowest BCUT2D eigenvalue weighted by Gasteiger charge is -2.24. The quantitative estimate of drug-likeness (QED) is 0.765. The predicted molar refractivity (Wildman–Crippen MR) is 109 cm³/mol. The summed E-state index contributed by atoms with van der Waals surface area (Å²) in [6.07, 6.45) is 14.2. The molecule has 4 rings (SSSR count). The van der Waals surface area contributed by atoms with Crippen LogP contribution in [0.25, 0.3) is 0 Å². The fourth-order valence-corrected chi connectivity index (χ4v) is 5.15. The molecule has 0 bridgehead atoms. The van der Waals surface area contributed by atoms with Gasteiger partial charge in [0.15, 0.2) is 0 Å². The summed E-state index contributed by atoms with van der Waals surface area (Å²) in [5, 5.41) is 3.94. The molecular formula is C20H29N5O3S. The van der Waals surface area contributed by atoms with Crippen LogP contribution in [-0.2, 0) is 17.1 Å². The van der Waals surface area contributed by atoms with E-state index < -0.39 is 10.0 Å². The van der Waals surface area contributed by atoms with E-state index in [0.29, 0.717) is 11.8 Å². The summed E-state index contributed by atoms with van der Waals surface area (Å²) in [6.45, 7) is 0. The van der Waals surface area contributed by atoms with Gasteiger partial charge in [-0.05, 0) is 38.5 Å². The highest BCUT2D eigenvalue weighted by molar-refractivity contribution is 7.92. The average molecular weight is 420 g/mol. The van der Waals surface area contributed by atoms with Crippen molar-refractivity contribution in [2.24, 2.45) is 7.05 Å². The molecule has 8 nitrogen and oxygen atoms in total. The monoisotopic (exact) mass is 419 g/mol. The Balaban J connectivity index is 1.61. The summed E-state index contributed by atoms with van der Waals surface area (Å²) in [6, 6.07) is 1.91. The van der Waals surface area contributed by atoms with E-state index in [4.69, 9.17) is 4.74 Å². The molecule has 0 aromatic carbocycles. The van der Waals surface area contributed by atoms with Crippen LogP contribution in [0.1, 0.15) is 75.8 Å². The first-order valence-corrected chi connectivity index (χ1v) is 12.0. The SMILES string of the molecule is Cn1cc(S(=O)(=O)Nc2nc(OC3CCCCC3)cc(C3CCCCC3)n2)cn1. The van der Waals surface area contributed by atoms with Gasteiger partial charge in [-0.1, -0.05) is 25.7 Å². The normalized spacial score (nSPS) is 19.2. The number of sulfonamides is 1. The Morgan fingerprint density at radius 3 is 2.38 bits per heavy atom. The summed E-state index contributed by atoms with van der Waals surface area (Å²) in [5.74, 6) is 0.862. The summed E-state index contributed by atoms with van der Waals surface area (Å²) < 4.78 is 35.6. The Morgan fingerprint density at radius 2 is 1.72 bits per heavy atom. The van der Waals surface area contributed by atoms with Crippen molar-refractivity contribution in [2.45, 2.75) is 81.1 Å². The maximum absolute atomic E-state index is 12.7. The second kappa shape index (κ2) is 8.69. The second-order valence-corrected chi connectivity index (χ2v) is 9.81. The molecule has 2 fully saturated rings. The molecule has 0 unspecified atom stereocenters. The fourth-order valence-electron chi connectivity index (χ4n) is 4.23. The van der Waals surface area contributed by atoms with Gasteiger partial charge in [-0.2, -0.15) is 10.1 Å². The van der Waals surface area contributed by atoms with Crippen LogP contribution < -0.4 is 9.46 Å². The molecule has 158 valence electrons. The van der Waals surface area contributed by atoms with Crippen molar-refractivity contribution in [1.82, 2.24) is 19.7 Å². The molecule has 2 aromatic heterocycles. The van der Waals surface area contributed by atoms with Crippen LogP contribution in [0.15, 0.2) is 23.4 Å². The molecule has 2 aliphatic carbocycles. The lowest BCUT2D eigenvalue weighted by atomic mass is 9.87. The van der Waals surface area contributed by atoms with Gasteiger partial charge >= 0.3 is 0 Å². The third-order valence-electron chi connectivity index (χ3n) is 5.80. The topological polar surface area (TPSA) is 99.0 Å². The number of nitrogens with zero attached hydrogens (tertiary/aromatic N) is 4. The van der Waals surface area contributed by atoms with Gasteiger partial charge in [0.25, 0.3) is 10.0 Å². The molecular weight excluding hydrogens is 390 g/mol. The highest BCUT2D eigenvalue weighted by Crippen LogP contribution is 2.34. The Hall–Kier alpha value is -2.16. The first kappa shape index (κ1) is 20.1. The Labute approximate surface area is 172 Å². The van der Waals surface area contributed by atoms with Gasteiger partial charge in [0, 0.05) is 25.2 Å². The Kier molecular flexibility index (Phi) is 6.03. The number of nitrogens with one attached hydrogen (secondary N) is 1. The van der Waals surface area contributed by atoms with Gasteiger partial charge in [0.1, 0.15) is 11.0 Å². The van der Waals surface area contributed by atoms with Crippen molar-refractivity contribution in [2.75, 3.05) is 4.72 Å². The minimum absolute atomic E-state index is 0.0720. The zero-order chi connectivity index (χ0) is 20.3. The molecule has 0 amide bonds. The minimum Gasteiger partial charge on any atom is -0.474 e. The molecule has 29 heavy (non-hydrogen) atoms. The van der Waals surface area contributed by atoms with Crippen LogP contribution in [0.2, 0.25) is 0 Å². The molecule has 0 spiro atoms. The van der Waals surface area contributed by atoms with Gasteiger partial charge in [-0.25, -0.2) is 18.1 Å². The standard InChI is InChI=1S/C20H29N5O3S/c1-25-14-17(13-21-25)29(26,27)24-20-22-18(15-8-4-2-5-9-15)12-19(23-20)28-16-10-6-3-7-11-16/h12-16H,2-11H2,1H3,(H,22,23,24). The molecule has 1 N–H and O–H groups in total. The third kappa shape index (κ3) is 5.07. The Bertz CT molecular complexity index is 931. The zero-order valence-corrected chi connectivity index (χ0v) is 17.7. The van der Waals surface area contributed by atoms with E-state index in [-0.39, 0.29) is 16.9 Å². The van der Waals surface area contributed by atoms with E-state index in [0.717, 1.165) is 44.2 Å². The van der Waals surface area contributed by atoms with Crippen LogP contribution in [0, 0.1) is 0 Å². The largest absolute Gasteiger partial charge is 0.474 e.